The predicted molar refractivity (Wildman–Crippen MR) is 75.7 cm³/mol. The minimum Gasteiger partial charge on any atom is -0.365 e. The lowest BCUT2D eigenvalue weighted by Gasteiger charge is -2.03. The lowest BCUT2D eigenvalue weighted by molar-refractivity contribution is -0.115. The minimum absolute atomic E-state index is 0.180. The van der Waals surface area contributed by atoms with E-state index in [0.717, 1.165) is 0 Å². The summed E-state index contributed by atoms with van der Waals surface area (Å²) in [6.45, 7) is 0. The smallest absolute Gasteiger partial charge is 0.232 e. The van der Waals surface area contributed by atoms with Crippen LogP contribution in [0.4, 0.5) is 10.8 Å². The summed E-state index contributed by atoms with van der Waals surface area (Å²) in [4.78, 5) is 28.0. The van der Waals surface area contributed by atoms with Crippen LogP contribution in [0.3, 0.4) is 0 Å². The monoisotopic (exact) mass is 275 g/mol. The number of aromatic nitrogens is 1. The normalized spacial score (nSPS) is 9.95. The van der Waals surface area contributed by atoms with E-state index in [1.807, 2.05) is 18.2 Å². The first-order chi connectivity index (χ1) is 9.19. The van der Waals surface area contributed by atoms with Crippen molar-refractivity contribution in [2.45, 2.75) is 6.42 Å². The number of thiazole rings is 1. The van der Waals surface area contributed by atoms with Crippen molar-refractivity contribution in [1.82, 2.24) is 4.98 Å². The van der Waals surface area contributed by atoms with E-state index < -0.39 is 0 Å². The minimum atomic E-state index is -0.324. The number of amides is 1. The van der Waals surface area contributed by atoms with Gasteiger partial charge in [-0.15, -0.1) is 0 Å². The number of nitrogens with one attached hydrogen (secondary N) is 2. The van der Waals surface area contributed by atoms with E-state index in [1.165, 1.54) is 17.5 Å². The van der Waals surface area contributed by atoms with Crippen molar-refractivity contribution in [2.75, 3.05) is 17.7 Å². The molecule has 0 radical (unpaired) electrons. The number of nitrogens with zero attached hydrogens (tertiary/aromatic N) is 1. The first kappa shape index (κ1) is 13.2. The summed E-state index contributed by atoms with van der Waals surface area (Å²) in [6.07, 6.45) is 1.30. The van der Waals surface area contributed by atoms with Crippen LogP contribution in [-0.2, 0) is 4.79 Å². The van der Waals surface area contributed by atoms with Gasteiger partial charge in [-0.3, -0.25) is 9.59 Å². The number of para-hydroxylation sites is 1. The zero-order valence-corrected chi connectivity index (χ0v) is 11.2. The Hall–Kier alpha value is -2.21. The first-order valence-electron chi connectivity index (χ1n) is 5.70. The number of carbonyl (C=O) groups excluding carboxylic acids is 2. The van der Waals surface area contributed by atoms with Gasteiger partial charge in [0.05, 0.1) is 17.5 Å². The van der Waals surface area contributed by atoms with Crippen molar-refractivity contribution in [3.05, 3.63) is 41.4 Å². The van der Waals surface area contributed by atoms with Crippen LogP contribution in [-0.4, -0.2) is 23.7 Å². The van der Waals surface area contributed by atoms with Gasteiger partial charge >= 0.3 is 0 Å². The summed E-state index contributed by atoms with van der Waals surface area (Å²) in [5.74, 6) is -0.553. The maximum atomic E-state index is 11.9. The maximum Gasteiger partial charge on any atom is 0.232 e. The molecule has 1 aromatic carbocycles. The molecule has 2 aromatic rings. The first-order valence-corrected chi connectivity index (χ1v) is 6.52. The highest BCUT2D eigenvalue weighted by molar-refractivity contribution is 7.17. The molecule has 1 heterocycles. The molecule has 1 aromatic heterocycles. The van der Waals surface area contributed by atoms with Crippen LogP contribution >= 0.6 is 11.3 Å². The van der Waals surface area contributed by atoms with E-state index in [2.05, 4.69) is 15.6 Å². The fourth-order valence-corrected chi connectivity index (χ4v) is 2.19. The molecule has 0 atom stereocenters. The van der Waals surface area contributed by atoms with Gasteiger partial charge in [0.15, 0.2) is 10.9 Å². The van der Waals surface area contributed by atoms with Gasteiger partial charge in [0, 0.05) is 12.7 Å². The molecule has 0 aliphatic carbocycles. The fraction of sp³-hybridized carbons (Fsp3) is 0.154. The summed E-state index contributed by atoms with van der Waals surface area (Å²) >= 11 is 1.24. The van der Waals surface area contributed by atoms with E-state index in [4.69, 9.17) is 0 Å². The van der Waals surface area contributed by atoms with E-state index in [0.29, 0.717) is 15.7 Å². The lowest BCUT2D eigenvalue weighted by atomic mass is 10.2. The molecule has 0 saturated carbocycles. The molecular weight excluding hydrogens is 262 g/mol. The topological polar surface area (TPSA) is 71.1 Å². The Bertz CT molecular complexity index is 581. The molecule has 0 bridgehead atoms. The van der Waals surface area contributed by atoms with Gasteiger partial charge in [-0.05, 0) is 12.1 Å². The van der Waals surface area contributed by atoms with Crippen molar-refractivity contribution in [3.8, 4) is 0 Å². The molecular formula is C13H13N3O2S. The summed E-state index contributed by atoms with van der Waals surface area (Å²) in [6, 6.07) is 9.04. The molecule has 19 heavy (non-hydrogen) atoms. The van der Waals surface area contributed by atoms with Crippen molar-refractivity contribution in [3.63, 3.8) is 0 Å². The number of rotatable bonds is 5. The van der Waals surface area contributed by atoms with Crippen LogP contribution in [0.15, 0.2) is 36.5 Å². The average molecular weight is 275 g/mol. The summed E-state index contributed by atoms with van der Waals surface area (Å²) < 4.78 is 0. The summed E-state index contributed by atoms with van der Waals surface area (Å²) in [5, 5.41) is 6.18. The third kappa shape index (κ3) is 3.62. The number of hydrogen-bond donors (Lipinski definition) is 2. The lowest BCUT2D eigenvalue weighted by Crippen LogP contribution is -2.15. The van der Waals surface area contributed by atoms with E-state index in [9.17, 15) is 9.59 Å². The average Bonchev–Trinajstić information content (AvgIpc) is 2.88. The number of benzene rings is 1. The van der Waals surface area contributed by atoms with Crippen molar-refractivity contribution in [2.24, 2.45) is 0 Å². The Kier molecular flexibility index (Phi) is 4.25. The van der Waals surface area contributed by atoms with Crippen LogP contribution in [0.25, 0.3) is 0 Å². The Morgan fingerprint density at radius 3 is 2.63 bits per heavy atom. The largest absolute Gasteiger partial charge is 0.365 e. The second-order valence-corrected chi connectivity index (χ2v) is 4.82. The number of anilines is 2. The standard InChI is InChI=1S/C13H13N3O2S/c1-14-13-15-8-11(19-13)10(17)7-12(18)16-9-5-3-2-4-6-9/h2-6,8H,7H2,1H3,(H,14,15)(H,16,18). The van der Waals surface area contributed by atoms with E-state index in [-0.39, 0.29) is 18.1 Å². The number of carbonyl (C=O) groups is 2. The molecule has 98 valence electrons. The van der Waals surface area contributed by atoms with Crippen LogP contribution in [0.2, 0.25) is 0 Å². The van der Waals surface area contributed by atoms with Gasteiger partial charge in [-0.2, -0.15) is 0 Å². The van der Waals surface area contributed by atoms with Gasteiger partial charge in [0.25, 0.3) is 0 Å². The summed E-state index contributed by atoms with van der Waals surface area (Å²) in [7, 11) is 1.73. The van der Waals surface area contributed by atoms with Crippen LogP contribution in [0.5, 0.6) is 0 Å². The molecule has 2 N–H and O–H groups in total. The zero-order chi connectivity index (χ0) is 13.7. The highest BCUT2D eigenvalue weighted by atomic mass is 32.1. The number of hydrogen-bond acceptors (Lipinski definition) is 5. The van der Waals surface area contributed by atoms with E-state index >= 15 is 0 Å². The Morgan fingerprint density at radius 2 is 2.00 bits per heavy atom. The van der Waals surface area contributed by atoms with Crippen molar-refractivity contribution >= 4 is 33.8 Å². The van der Waals surface area contributed by atoms with Gasteiger partial charge in [0.2, 0.25) is 5.91 Å². The molecule has 5 nitrogen and oxygen atoms in total. The molecule has 0 unspecified atom stereocenters. The molecule has 6 heteroatoms. The highest BCUT2D eigenvalue weighted by Crippen LogP contribution is 2.19. The number of ketones is 1. The zero-order valence-electron chi connectivity index (χ0n) is 10.3. The quantitative estimate of drug-likeness (QED) is 0.649. The predicted octanol–water partition coefficient (Wildman–Crippen LogP) is 2.40. The molecule has 0 spiro atoms. The van der Waals surface area contributed by atoms with Crippen LogP contribution in [0, 0.1) is 0 Å². The third-order valence-corrected chi connectivity index (χ3v) is 3.43. The second-order valence-electron chi connectivity index (χ2n) is 3.79. The third-order valence-electron chi connectivity index (χ3n) is 2.37. The molecule has 2 rings (SSSR count). The molecule has 0 aliphatic rings. The second kappa shape index (κ2) is 6.10. The van der Waals surface area contributed by atoms with Gasteiger partial charge in [-0.1, -0.05) is 29.5 Å². The van der Waals surface area contributed by atoms with Crippen LogP contribution < -0.4 is 10.6 Å². The SMILES string of the molecule is CNc1ncc(C(=O)CC(=O)Nc2ccccc2)s1. The Balaban J connectivity index is 1.93. The number of Topliss-reactive ketones (excluding diaryl/α,β-unsaturated/α-hetero) is 1. The fourth-order valence-electron chi connectivity index (χ4n) is 1.48. The Morgan fingerprint density at radius 1 is 1.26 bits per heavy atom. The van der Waals surface area contributed by atoms with Crippen molar-refractivity contribution < 1.29 is 9.59 Å². The molecule has 0 aliphatic heterocycles. The van der Waals surface area contributed by atoms with Gasteiger partial charge in [0.1, 0.15) is 0 Å². The van der Waals surface area contributed by atoms with Gasteiger partial charge in [-0.25, -0.2) is 4.98 Å². The van der Waals surface area contributed by atoms with Gasteiger partial charge < -0.3 is 10.6 Å². The summed E-state index contributed by atoms with van der Waals surface area (Å²) in [5.41, 5.74) is 0.681. The maximum absolute atomic E-state index is 11.9. The van der Waals surface area contributed by atoms with Crippen molar-refractivity contribution in [1.29, 1.82) is 0 Å². The highest BCUT2D eigenvalue weighted by Gasteiger charge is 2.14. The van der Waals surface area contributed by atoms with Crippen LogP contribution in [0.1, 0.15) is 16.1 Å². The Labute approximate surface area is 114 Å². The van der Waals surface area contributed by atoms with E-state index in [1.54, 1.807) is 19.2 Å². The molecule has 0 saturated heterocycles. The molecule has 0 fully saturated rings. The molecule has 1 amide bonds.